The van der Waals surface area contributed by atoms with E-state index in [0.29, 0.717) is 23.9 Å². The van der Waals surface area contributed by atoms with Crippen molar-refractivity contribution < 1.29 is 9.26 Å². The minimum atomic E-state index is 0.408. The predicted molar refractivity (Wildman–Crippen MR) is 60.2 cm³/mol. The van der Waals surface area contributed by atoms with Crippen molar-refractivity contribution in [1.82, 2.24) is 15.1 Å². The van der Waals surface area contributed by atoms with E-state index in [9.17, 15) is 0 Å². The van der Waals surface area contributed by atoms with Gasteiger partial charge in [0, 0.05) is 6.07 Å². The highest BCUT2D eigenvalue weighted by Crippen LogP contribution is 2.28. The summed E-state index contributed by atoms with van der Waals surface area (Å²) in [5.41, 5.74) is 3.19. The second kappa shape index (κ2) is 5.12. The summed E-state index contributed by atoms with van der Waals surface area (Å²) in [5.74, 6) is 6.69. The van der Waals surface area contributed by atoms with E-state index in [1.54, 1.807) is 6.07 Å². The number of hydrazine groups is 1. The van der Waals surface area contributed by atoms with Gasteiger partial charge in [-0.2, -0.15) is 0 Å². The smallest absolute Gasteiger partial charge is 0.205 e. The van der Waals surface area contributed by atoms with Crippen molar-refractivity contribution in [2.75, 3.05) is 17.9 Å². The first-order chi connectivity index (χ1) is 8.35. The van der Waals surface area contributed by atoms with Crippen LogP contribution in [0.3, 0.4) is 0 Å². The maximum absolute atomic E-state index is 5.31. The van der Waals surface area contributed by atoms with Crippen molar-refractivity contribution >= 4 is 11.6 Å². The Morgan fingerprint density at radius 1 is 1.41 bits per heavy atom. The minimum Gasteiger partial charge on any atom is -0.490 e. The summed E-state index contributed by atoms with van der Waals surface area (Å²) < 4.78 is 9.88. The van der Waals surface area contributed by atoms with E-state index in [1.807, 2.05) is 0 Å². The zero-order valence-corrected chi connectivity index (χ0v) is 9.17. The Morgan fingerprint density at radius 3 is 2.88 bits per heavy atom. The van der Waals surface area contributed by atoms with Gasteiger partial charge in [-0.3, -0.25) is 0 Å². The molecule has 0 fully saturated rings. The fourth-order valence-electron chi connectivity index (χ4n) is 1.30. The summed E-state index contributed by atoms with van der Waals surface area (Å²) >= 11 is 0. The molecule has 2 rings (SSSR count). The third-order valence-electron chi connectivity index (χ3n) is 2.07. The third kappa shape index (κ3) is 2.42. The quantitative estimate of drug-likeness (QED) is 0.504. The number of nitrogens with two attached hydrogens (primary N) is 1. The molecule has 0 atom stereocenters. The van der Waals surface area contributed by atoms with Crippen LogP contribution in [-0.2, 0) is 6.54 Å². The monoisotopic (exact) mass is 236 g/mol. The molecule has 2 aromatic rings. The van der Waals surface area contributed by atoms with Gasteiger partial charge in [0.15, 0.2) is 11.6 Å². The molecule has 0 saturated carbocycles. The Kier molecular flexibility index (Phi) is 3.36. The SMILES string of the molecule is COc1c(NN)ncnc1NCc1ccon1. The van der Waals surface area contributed by atoms with Crippen LogP contribution >= 0.6 is 0 Å². The first-order valence-corrected chi connectivity index (χ1v) is 4.84. The maximum Gasteiger partial charge on any atom is 0.205 e. The summed E-state index contributed by atoms with van der Waals surface area (Å²) in [5, 5.41) is 6.81. The number of anilines is 2. The molecular weight excluding hydrogens is 224 g/mol. The lowest BCUT2D eigenvalue weighted by molar-refractivity contribution is 0.410. The van der Waals surface area contributed by atoms with Crippen molar-refractivity contribution in [3.8, 4) is 5.75 Å². The summed E-state index contributed by atoms with van der Waals surface area (Å²) in [7, 11) is 1.51. The normalized spacial score (nSPS) is 10.0. The predicted octanol–water partition coefficient (Wildman–Crippen LogP) is 0.371. The zero-order chi connectivity index (χ0) is 12.1. The second-order valence-corrected chi connectivity index (χ2v) is 3.09. The molecular formula is C9H12N6O2. The van der Waals surface area contributed by atoms with Gasteiger partial charge in [0.1, 0.15) is 18.3 Å². The van der Waals surface area contributed by atoms with Gasteiger partial charge in [-0.15, -0.1) is 0 Å². The minimum absolute atomic E-state index is 0.408. The molecule has 0 amide bonds. The molecule has 90 valence electrons. The molecule has 4 N–H and O–H groups in total. The van der Waals surface area contributed by atoms with Crippen LogP contribution in [0.4, 0.5) is 11.6 Å². The number of rotatable bonds is 5. The Bertz CT molecular complexity index is 472. The van der Waals surface area contributed by atoms with E-state index in [2.05, 4.69) is 25.9 Å². The Balaban J connectivity index is 2.14. The first kappa shape index (κ1) is 11.1. The highest BCUT2D eigenvalue weighted by atomic mass is 16.5. The number of nitrogens with one attached hydrogen (secondary N) is 2. The molecule has 0 aliphatic carbocycles. The van der Waals surface area contributed by atoms with Crippen LogP contribution in [0.25, 0.3) is 0 Å². The van der Waals surface area contributed by atoms with Gasteiger partial charge in [0.05, 0.1) is 13.7 Å². The lowest BCUT2D eigenvalue weighted by Gasteiger charge is -2.11. The fourth-order valence-corrected chi connectivity index (χ4v) is 1.30. The molecule has 8 heteroatoms. The van der Waals surface area contributed by atoms with E-state index in [-0.39, 0.29) is 0 Å². The lowest BCUT2D eigenvalue weighted by Crippen LogP contribution is -2.12. The topological polar surface area (TPSA) is 111 Å². The Morgan fingerprint density at radius 2 is 2.24 bits per heavy atom. The Labute approximate surface area is 97.1 Å². The molecule has 2 aromatic heterocycles. The van der Waals surface area contributed by atoms with Crippen LogP contribution in [0.5, 0.6) is 5.75 Å². The van der Waals surface area contributed by atoms with Crippen molar-refractivity contribution in [1.29, 1.82) is 0 Å². The third-order valence-corrected chi connectivity index (χ3v) is 2.07. The molecule has 17 heavy (non-hydrogen) atoms. The fraction of sp³-hybridized carbons (Fsp3) is 0.222. The number of hydrogen-bond donors (Lipinski definition) is 3. The van der Waals surface area contributed by atoms with Crippen LogP contribution in [0.2, 0.25) is 0 Å². The molecule has 0 aliphatic rings. The molecule has 8 nitrogen and oxygen atoms in total. The van der Waals surface area contributed by atoms with Gasteiger partial charge >= 0.3 is 0 Å². The van der Waals surface area contributed by atoms with Crippen molar-refractivity contribution in [2.24, 2.45) is 5.84 Å². The van der Waals surface area contributed by atoms with Gasteiger partial charge in [0.2, 0.25) is 5.75 Å². The molecule has 0 aromatic carbocycles. The van der Waals surface area contributed by atoms with Crippen molar-refractivity contribution in [3.05, 3.63) is 24.4 Å². The highest BCUT2D eigenvalue weighted by Gasteiger charge is 2.11. The average Bonchev–Trinajstić information content (AvgIpc) is 2.88. The van der Waals surface area contributed by atoms with Gasteiger partial charge in [-0.05, 0) is 0 Å². The van der Waals surface area contributed by atoms with Gasteiger partial charge in [-0.1, -0.05) is 5.16 Å². The molecule has 0 aliphatic heterocycles. The van der Waals surface area contributed by atoms with Crippen LogP contribution in [0.1, 0.15) is 5.69 Å². The number of ether oxygens (including phenoxy) is 1. The van der Waals surface area contributed by atoms with E-state index in [1.165, 1.54) is 19.7 Å². The number of hydrogen-bond acceptors (Lipinski definition) is 8. The number of nitrogens with zero attached hydrogens (tertiary/aromatic N) is 3. The summed E-state index contributed by atoms with van der Waals surface area (Å²) in [4.78, 5) is 7.98. The van der Waals surface area contributed by atoms with Crippen LogP contribution in [0, 0.1) is 0 Å². The molecule has 0 radical (unpaired) electrons. The van der Waals surface area contributed by atoms with Crippen LogP contribution in [-0.4, -0.2) is 22.2 Å². The van der Waals surface area contributed by atoms with E-state index in [0.717, 1.165) is 5.69 Å². The standard InChI is InChI=1S/C9H12N6O2/c1-16-7-8(12-5-13-9(7)14-10)11-4-6-2-3-17-15-6/h2-3,5H,4,10H2,1H3,(H2,11,12,13,14). The average molecular weight is 236 g/mol. The molecule has 0 saturated heterocycles. The van der Waals surface area contributed by atoms with E-state index in [4.69, 9.17) is 15.1 Å². The molecule has 0 unspecified atom stereocenters. The lowest BCUT2D eigenvalue weighted by atomic mass is 10.4. The largest absolute Gasteiger partial charge is 0.490 e. The molecule has 2 heterocycles. The molecule has 0 spiro atoms. The molecule has 0 bridgehead atoms. The van der Waals surface area contributed by atoms with Crippen molar-refractivity contribution in [2.45, 2.75) is 6.54 Å². The van der Waals surface area contributed by atoms with Gasteiger partial charge in [0.25, 0.3) is 0 Å². The van der Waals surface area contributed by atoms with Gasteiger partial charge in [-0.25, -0.2) is 15.8 Å². The van der Waals surface area contributed by atoms with E-state index < -0.39 is 0 Å². The van der Waals surface area contributed by atoms with Gasteiger partial charge < -0.3 is 20.0 Å². The highest BCUT2D eigenvalue weighted by molar-refractivity contribution is 5.62. The van der Waals surface area contributed by atoms with Crippen LogP contribution < -0.4 is 21.3 Å². The number of aromatic nitrogens is 3. The number of nitrogen functional groups attached to an aromatic ring is 1. The summed E-state index contributed by atoms with van der Waals surface area (Å²) in [6.07, 6.45) is 2.88. The van der Waals surface area contributed by atoms with Crippen molar-refractivity contribution in [3.63, 3.8) is 0 Å². The summed E-state index contributed by atoms with van der Waals surface area (Å²) in [6.45, 7) is 0.466. The Hall–Kier alpha value is -2.35. The zero-order valence-electron chi connectivity index (χ0n) is 9.17. The van der Waals surface area contributed by atoms with Crippen LogP contribution in [0.15, 0.2) is 23.2 Å². The summed E-state index contributed by atoms with van der Waals surface area (Å²) in [6, 6.07) is 1.75. The number of methoxy groups -OCH3 is 1. The van der Waals surface area contributed by atoms with E-state index >= 15 is 0 Å². The second-order valence-electron chi connectivity index (χ2n) is 3.09. The first-order valence-electron chi connectivity index (χ1n) is 4.84. The maximum atomic E-state index is 5.31.